The third-order valence-electron chi connectivity index (χ3n) is 3.84. The number of aliphatic imine (C=N–C) groups is 1. The van der Waals surface area contributed by atoms with Crippen molar-refractivity contribution < 1.29 is 22.3 Å². The molecule has 2 N–H and O–H groups in total. The van der Waals surface area contributed by atoms with E-state index in [1.807, 2.05) is 24.3 Å². The lowest BCUT2D eigenvalue weighted by Gasteiger charge is -2.16. The number of alkyl halides is 3. The van der Waals surface area contributed by atoms with E-state index < -0.39 is 17.6 Å². The summed E-state index contributed by atoms with van der Waals surface area (Å²) >= 11 is 0. The van der Waals surface area contributed by atoms with Crippen LogP contribution in [0.2, 0.25) is 0 Å². The molecule has 0 aliphatic carbocycles. The molecule has 0 bridgehead atoms. The third kappa shape index (κ3) is 6.25. The van der Waals surface area contributed by atoms with Crippen LogP contribution in [0.25, 0.3) is 0 Å². The first-order valence-electron chi connectivity index (χ1n) is 8.20. The maximum absolute atomic E-state index is 13.2. The molecule has 0 saturated carbocycles. The van der Waals surface area contributed by atoms with Crippen molar-refractivity contribution in [1.82, 2.24) is 10.6 Å². The van der Waals surface area contributed by atoms with E-state index in [9.17, 15) is 17.6 Å². The number of rotatable bonds is 6. The van der Waals surface area contributed by atoms with Crippen LogP contribution in [0.1, 0.15) is 22.3 Å². The molecular weight excluding hydrogens is 362 g/mol. The first-order chi connectivity index (χ1) is 12.8. The first kappa shape index (κ1) is 20.7. The molecule has 0 amide bonds. The van der Waals surface area contributed by atoms with Gasteiger partial charge in [0.25, 0.3) is 0 Å². The molecule has 0 saturated heterocycles. The van der Waals surface area contributed by atoms with Crippen LogP contribution in [0, 0.1) is 5.82 Å². The van der Waals surface area contributed by atoms with Gasteiger partial charge in [-0.3, -0.25) is 4.99 Å². The zero-order valence-electron chi connectivity index (χ0n) is 15.0. The lowest BCUT2D eigenvalue weighted by Crippen LogP contribution is -2.36. The smallest absolute Gasteiger partial charge is 0.380 e. The predicted molar refractivity (Wildman–Crippen MR) is 95.6 cm³/mol. The molecule has 0 fully saturated rings. The van der Waals surface area contributed by atoms with Gasteiger partial charge in [0.2, 0.25) is 0 Å². The van der Waals surface area contributed by atoms with Crippen molar-refractivity contribution in [2.75, 3.05) is 14.2 Å². The summed E-state index contributed by atoms with van der Waals surface area (Å²) in [5.74, 6) is -0.584. The van der Waals surface area contributed by atoms with Gasteiger partial charge in [0, 0.05) is 27.2 Å². The molecule has 0 aliphatic heterocycles. The Morgan fingerprint density at radius 3 is 2.22 bits per heavy atom. The van der Waals surface area contributed by atoms with Gasteiger partial charge in [-0.2, -0.15) is 13.2 Å². The van der Waals surface area contributed by atoms with Crippen LogP contribution >= 0.6 is 0 Å². The van der Waals surface area contributed by atoms with Crippen LogP contribution in [0.4, 0.5) is 17.6 Å². The topological polar surface area (TPSA) is 45.7 Å². The van der Waals surface area contributed by atoms with Crippen LogP contribution in [0.15, 0.2) is 47.5 Å². The summed E-state index contributed by atoms with van der Waals surface area (Å²) in [5.41, 5.74) is 0.963. The Hall–Kier alpha value is -2.61. The average Bonchev–Trinajstić information content (AvgIpc) is 2.63. The van der Waals surface area contributed by atoms with E-state index in [1.54, 1.807) is 7.11 Å². The standard InChI is InChI=1S/C19H21F4N3O/c1-24-18(25-10-13-3-5-14(6-4-13)12-27-2)26-11-15-7-8-16(20)9-17(15)19(21,22)23/h3-9H,10-12H2,1-2H3,(H2,24,25,26). The second-order valence-electron chi connectivity index (χ2n) is 5.83. The van der Waals surface area contributed by atoms with Crippen LogP contribution in [-0.4, -0.2) is 20.1 Å². The van der Waals surface area contributed by atoms with Crippen molar-refractivity contribution in [1.29, 1.82) is 0 Å². The monoisotopic (exact) mass is 383 g/mol. The van der Waals surface area contributed by atoms with Gasteiger partial charge in [0.1, 0.15) is 5.82 Å². The number of ether oxygens (including phenoxy) is 1. The molecule has 2 rings (SSSR count). The van der Waals surface area contributed by atoms with Gasteiger partial charge in [0.05, 0.1) is 12.2 Å². The van der Waals surface area contributed by atoms with E-state index in [0.29, 0.717) is 25.2 Å². The molecule has 2 aromatic rings. The van der Waals surface area contributed by atoms with Gasteiger partial charge < -0.3 is 15.4 Å². The lowest BCUT2D eigenvalue weighted by molar-refractivity contribution is -0.138. The number of guanidine groups is 1. The van der Waals surface area contributed by atoms with E-state index in [4.69, 9.17) is 4.74 Å². The quantitative estimate of drug-likeness (QED) is 0.452. The highest BCUT2D eigenvalue weighted by molar-refractivity contribution is 5.79. The largest absolute Gasteiger partial charge is 0.416 e. The Balaban J connectivity index is 1.96. The van der Waals surface area contributed by atoms with Crippen molar-refractivity contribution in [3.63, 3.8) is 0 Å². The number of methoxy groups -OCH3 is 1. The van der Waals surface area contributed by atoms with Gasteiger partial charge in [-0.15, -0.1) is 0 Å². The molecule has 0 radical (unpaired) electrons. The molecule has 27 heavy (non-hydrogen) atoms. The fourth-order valence-corrected chi connectivity index (χ4v) is 2.47. The molecule has 0 aromatic heterocycles. The fourth-order valence-electron chi connectivity index (χ4n) is 2.47. The average molecular weight is 383 g/mol. The SMILES string of the molecule is CN=C(NCc1ccc(COC)cc1)NCc1ccc(F)cc1C(F)(F)F. The minimum absolute atomic E-state index is 0.0595. The molecule has 2 aromatic carbocycles. The Bertz CT molecular complexity index is 774. The molecule has 0 atom stereocenters. The molecule has 146 valence electrons. The number of benzene rings is 2. The minimum Gasteiger partial charge on any atom is -0.380 e. The summed E-state index contributed by atoms with van der Waals surface area (Å²) < 4.78 is 57.3. The summed E-state index contributed by atoms with van der Waals surface area (Å²) in [5, 5.41) is 5.85. The second-order valence-corrected chi connectivity index (χ2v) is 5.83. The van der Waals surface area contributed by atoms with E-state index >= 15 is 0 Å². The third-order valence-corrected chi connectivity index (χ3v) is 3.84. The van der Waals surface area contributed by atoms with Crippen LogP contribution < -0.4 is 10.6 Å². The Morgan fingerprint density at radius 1 is 1.00 bits per heavy atom. The Labute approximate surface area is 155 Å². The van der Waals surface area contributed by atoms with Gasteiger partial charge in [-0.05, 0) is 28.8 Å². The van der Waals surface area contributed by atoms with E-state index in [2.05, 4.69) is 15.6 Å². The van der Waals surface area contributed by atoms with Gasteiger partial charge in [-0.25, -0.2) is 4.39 Å². The van der Waals surface area contributed by atoms with Gasteiger partial charge >= 0.3 is 6.18 Å². The van der Waals surface area contributed by atoms with Crippen LogP contribution in [0.3, 0.4) is 0 Å². The maximum atomic E-state index is 13.2. The van der Waals surface area contributed by atoms with Crippen molar-refractivity contribution in [3.05, 3.63) is 70.5 Å². The van der Waals surface area contributed by atoms with E-state index in [-0.39, 0.29) is 12.1 Å². The zero-order valence-corrected chi connectivity index (χ0v) is 15.0. The molecule has 0 heterocycles. The maximum Gasteiger partial charge on any atom is 0.416 e. The molecule has 4 nitrogen and oxygen atoms in total. The van der Waals surface area contributed by atoms with Crippen molar-refractivity contribution in [2.45, 2.75) is 25.9 Å². The Kier molecular flexibility index (Phi) is 7.18. The molecule has 0 spiro atoms. The minimum atomic E-state index is -4.62. The molecule has 8 heteroatoms. The van der Waals surface area contributed by atoms with Gasteiger partial charge in [0.15, 0.2) is 5.96 Å². The predicted octanol–water partition coefficient (Wildman–Crippen LogP) is 3.86. The summed E-state index contributed by atoms with van der Waals surface area (Å²) in [6.45, 7) is 0.834. The van der Waals surface area contributed by atoms with Crippen molar-refractivity contribution in [2.24, 2.45) is 4.99 Å². The highest BCUT2D eigenvalue weighted by atomic mass is 19.4. The van der Waals surface area contributed by atoms with Gasteiger partial charge in [-0.1, -0.05) is 30.3 Å². The molecule has 0 unspecified atom stereocenters. The number of hydrogen-bond acceptors (Lipinski definition) is 2. The van der Waals surface area contributed by atoms with Crippen LogP contribution in [-0.2, 0) is 30.6 Å². The Morgan fingerprint density at radius 2 is 1.63 bits per heavy atom. The molecule has 0 aliphatic rings. The highest BCUT2D eigenvalue weighted by Gasteiger charge is 2.33. The summed E-state index contributed by atoms with van der Waals surface area (Å²) in [6, 6.07) is 10.3. The van der Waals surface area contributed by atoms with Crippen molar-refractivity contribution >= 4 is 5.96 Å². The molecular formula is C19H21F4N3O. The highest BCUT2D eigenvalue weighted by Crippen LogP contribution is 2.32. The summed E-state index contributed by atoms with van der Waals surface area (Å²) in [6.07, 6.45) is -4.62. The van der Waals surface area contributed by atoms with Crippen molar-refractivity contribution in [3.8, 4) is 0 Å². The second kappa shape index (κ2) is 9.36. The number of nitrogens with zero attached hydrogens (tertiary/aromatic N) is 1. The van der Waals surface area contributed by atoms with E-state index in [1.165, 1.54) is 7.05 Å². The number of nitrogens with one attached hydrogen (secondary N) is 2. The first-order valence-corrected chi connectivity index (χ1v) is 8.20. The summed E-state index contributed by atoms with van der Waals surface area (Å²) in [4.78, 5) is 3.99. The van der Waals surface area contributed by atoms with Crippen LogP contribution in [0.5, 0.6) is 0 Å². The van der Waals surface area contributed by atoms with E-state index in [0.717, 1.165) is 23.3 Å². The fraction of sp³-hybridized carbons (Fsp3) is 0.316. The zero-order chi connectivity index (χ0) is 19.9. The summed E-state index contributed by atoms with van der Waals surface area (Å²) in [7, 11) is 3.14. The normalized spacial score (nSPS) is 12.1. The lowest BCUT2D eigenvalue weighted by atomic mass is 10.1. The number of halogens is 4. The number of hydrogen-bond donors (Lipinski definition) is 2.